The molecule has 0 saturated carbocycles. The molecule has 0 saturated heterocycles. The Labute approximate surface area is 195 Å². The van der Waals surface area contributed by atoms with E-state index in [4.69, 9.17) is 15.0 Å². The number of rotatable bonds is 8. The van der Waals surface area contributed by atoms with Gasteiger partial charge in [0.1, 0.15) is 0 Å². The van der Waals surface area contributed by atoms with Crippen molar-refractivity contribution in [2.24, 2.45) is 5.73 Å². The van der Waals surface area contributed by atoms with Gasteiger partial charge in [-0.25, -0.2) is 9.48 Å². The van der Waals surface area contributed by atoms with Crippen LogP contribution in [0, 0.1) is 0 Å². The van der Waals surface area contributed by atoms with Crippen LogP contribution in [0.4, 0.5) is 10.5 Å². The number of ether oxygens (including phenoxy) is 1. The molecule has 0 aliphatic carbocycles. The summed E-state index contributed by atoms with van der Waals surface area (Å²) >= 11 is 0. The van der Waals surface area contributed by atoms with E-state index in [1.54, 1.807) is 31.2 Å². The number of hydrogen-bond donors (Lipinski definition) is 2. The molecule has 1 amide bonds. The molecular weight excluding hydrogens is 436 g/mol. The fourth-order valence-electron chi connectivity index (χ4n) is 3.31. The van der Waals surface area contributed by atoms with Gasteiger partial charge >= 0.3 is 6.09 Å². The maximum Gasteiger partial charge on any atom is 0.411 e. The highest BCUT2D eigenvalue weighted by atomic mass is 16.5. The van der Waals surface area contributed by atoms with E-state index in [0.717, 1.165) is 16.7 Å². The Balaban J connectivity index is 1.52. The van der Waals surface area contributed by atoms with Crippen molar-refractivity contribution in [3.8, 4) is 22.6 Å². The van der Waals surface area contributed by atoms with Crippen molar-refractivity contribution >= 4 is 11.8 Å². The number of carbonyl (C=O) groups is 1. The van der Waals surface area contributed by atoms with Crippen molar-refractivity contribution in [2.75, 3.05) is 18.5 Å². The Kier molecular flexibility index (Phi) is 7.09. The summed E-state index contributed by atoms with van der Waals surface area (Å²) < 4.78 is 11.5. The van der Waals surface area contributed by atoms with Gasteiger partial charge in [-0.15, -0.1) is 0 Å². The summed E-state index contributed by atoms with van der Waals surface area (Å²) in [5.41, 5.74) is 8.95. The lowest BCUT2D eigenvalue weighted by Crippen LogP contribution is -2.23. The van der Waals surface area contributed by atoms with Crippen LogP contribution in [0.5, 0.6) is 0 Å². The quantitative estimate of drug-likeness (QED) is 0.409. The van der Waals surface area contributed by atoms with E-state index in [0.29, 0.717) is 36.1 Å². The monoisotopic (exact) mass is 460 g/mol. The van der Waals surface area contributed by atoms with Crippen molar-refractivity contribution in [3.05, 3.63) is 82.5 Å². The number of nitrogens with one attached hydrogen (secondary N) is 1. The first kappa shape index (κ1) is 22.9. The minimum Gasteiger partial charge on any atom is -0.450 e. The zero-order valence-electron chi connectivity index (χ0n) is 18.6. The van der Waals surface area contributed by atoms with Crippen LogP contribution in [0.1, 0.15) is 18.4 Å². The van der Waals surface area contributed by atoms with Crippen LogP contribution in [0.3, 0.4) is 0 Å². The molecule has 2 aromatic heterocycles. The van der Waals surface area contributed by atoms with Crippen LogP contribution in [-0.2, 0) is 17.7 Å². The molecule has 0 aliphatic heterocycles. The van der Waals surface area contributed by atoms with Gasteiger partial charge < -0.3 is 15.0 Å². The minimum atomic E-state index is -0.531. The van der Waals surface area contributed by atoms with Crippen LogP contribution in [0.15, 0.2) is 70.0 Å². The molecule has 0 unspecified atom stereocenters. The number of hydrogen-bond acceptors (Lipinski definition) is 8. The number of amides is 1. The van der Waals surface area contributed by atoms with Gasteiger partial charge in [0.05, 0.1) is 18.8 Å². The second-order valence-electron chi connectivity index (χ2n) is 7.39. The van der Waals surface area contributed by atoms with Gasteiger partial charge in [0.2, 0.25) is 11.7 Å². The average molecular weight is 460 g/mol. The van der Waals surface area contributed by atoms with Crippen LogP contribution < -0.4 is 16.6 Å². The number of aromatic nitrogens is 4. The molecule has 0 radical (unpaired) electrons. The molecule has 0 spiro atoms. The predicted octanol–water partition coefficient (Wildman–Crippen LogP) is 3.08. The normalized spacial score (nSPS) is 10.8. The van der Waals surface area contributed by atoms with Gasteiger partial charge in [0.15, 0.2) is 0 Å². The molecule has 4 rings (SSSR count). The molecule has 10 heteroatoms. The van der Waals surface area contributed by atoms with Gasteiger partial charge in [0, 0.05) is 35.8 Å². The standard InChI is InChI=1S/C24H24N6O4/c1-2-33-24(32)26-19-5-3-4-16(14-19)15-30-22(31)11-10-20(28-30)17-6-8-18(9-7-17)23-27-21(12-13-25)34-29-23/h3-11,14H,2,12-13,15,25H2,1H3,(H,26,32). The second-order valence-corrected chi connectivity index (χ2v) is 7.39. The van der Waals surface area contributed by atoms with Crippen molar-refractivity contribution in [1.29, 1.82) is 0 Å². The average Bonchev–Trinajstić information content (AvgIpc) is 3.30. The zero-order chi connectivity index (χ0) is 23.9. The van der Waals surface area contributed by atoms with E-state index in [1.165, 1.54) is 10.7 Å². The number of nitrogens with zero attached hydrogens (tertiary/aromatic N) is 4. The molecule has 0 bridgehead atoms. The largest absolute Gasteiger partial charge is 0.450 e. The fraction of sp³-hybridized carbons (Fsp3) is 0.208. The van der Waals surface area contributed by atoms with Gasteiger partial charge in [-0.05, 0) is 30.7 Å². The minimum absolute atomic E-state index is 0.233. The summed E-state index contributed by atoms with van der Waals surface area (Å²) in [5.74, 6) is 0.987. The van der Waals surface area contributed by atoms with Crippen molar-refractivity contribution in [1.82, 2.24) is 19.9 Å². The molecular formula is C24H24N6O4. The van der Waals surface area contributed by atoms with Crippen molar-refractivity contribution in [3.63, 3.8) is 0 Å². The maximum absolute atomic E-state index is 12.4. The van der Waals surface area contributed by atoms with Crippen LogP contribution in [-0.4, -0.2) is 39.2 Å². The van der Waals surface area contributed by atoms with Crippen LogP contribution in [0.2, 0.25) is 0 Å². The highest BCUT2D eigenvalue weighted by Gasteiger charge is 2.10. The molecule has 174 valence electrons. The fourth-order valence-corrected chi connectivity index (χ4v) is 3.31. The Morgan fingerprint density at radius 1 is 1.12 bits per heavy atom. The first-order valence-corrected chi connectivity index (χ1v) is 10.8. The molecule has 0 aliphatic rings. The van der Waals surface area contributed by atoms with Crippen LogP contribution in [0.25, 0.3) is 22.6 Å². The number of nitrogens with two attached hydrogens (primary N) is 1. The third-order valence-electron chi connectivity index (χ3n) is 4.91. The first-order chi connectivity index (χ1) is 16.6. The predicted molar refractivity (Wildman–Crippen MR) is 126 cm³/mol. The van der Waals surface area contributed by atoms with E-state index in [1.807, 2.05) is 30.3 Å². The van der Waals surface area contributed by atoms with Gasteiger partial charge in [-0.3, -0.25) is 10.1 Å². The Morgan fingerprint density at radius 3 is 2.68 bits per heavy atom. The summed E-state index contributed by atoms with van der Waals surface area (Å²) in [4.78, 5) is 28.4. The SMILES string of the molecule is CCOC(=O)Nc1cccc(Cn2nc(-c3ccc(-c4noc(CCN)n4)cc3)ccc2=O)c1. The lowest BCUT2D eigenvalue weighted by atomic mass is 10.1. The molecule has 0 atom stereocenters. The molecule has 10 nitrogen and oxygen atoms in total. The highest BCUT2D eigenvalue weighted by Crippen LogP contribution is 2.22. The van der Waals surface area contributed by atoms with E-state index < -0.39 is 6.09 Å². The summed E-state index contributed by atoms with van der Waals surface area (Å²) in [6.07, 6.45) is -0.00460. The highest BCUT2D eigenvalue weighted by molar-refractivity contribution is 5.84. The van der Waals surface area contributed by atoms with E-state index in [2.05, 4.69) is 20.6 Å². The molecule has 0 fully saturated rings. The summed E-state index contributed by atoms with van der Waals surface area (Å²) in [7, 11) is 0. The Hall–Kier alpha value is -4.31. The smallest absolute Gasteiger partial charge is 0.411 e. The number of anilines is 1. The maximum atomic E-state index is 12.4. The van der Waals surface area contributed by atoms with E-state index in [9.17, 15) is 9.59 Å². The van der Waals surface area contributed by atoms with E-state index >= 15 is 0 Å². The van der Waals surface area contributed by atoms with E-state index in [-0.39, 0.29) is 18.7 Å². The molecule has 2 heterocycles. The lowest BCUT2D eigenvalue weighted by molar-refractivity contribution is 0.168. The Morgan fingerprint density at radius 2 is 1.91 bits per heavy atom. The van der Waals surface area contributed by atoms with Gasteiger partial charge in [-0.1, -0.05) is 41.6 Å². The Bertz CT molecular complexity index is 1330. The van der Waals surface area contributed by atoms with Gasteiger partial charge in [0.25, 0.3) is 5.56 Å². The number of benzene rings is 2. The molecule has 2 aromatic carbocycles. The lowest BCUT2D eigenvalue weighted by Gasteiger charge is -2.10. The van der Waals surface area contributed by atoms with Crippen LogP contribution >= 0.6 is 0 Å². The number of carbonyl (C=O) groups excluding carboxylic acids is 1. The third-order valence-corrected chi connectivity index (χ3v) is 4.91. The molecule has 34 heavy (non-hydrogen) atoms. The van der Waals surface area contributed by atoms with Crippen molar-refractivity contribution in [2.45, 2.75) is 19.9 Å². The molecule has 4 aromatic rings. The first-order valence-electron chi connectivity index (χ1n) is 10.8. The van der Waals surface area contributed by atoms with Crippen molar-refractivity contribution < 1.29 is 14.1 Å². The zero-order valence-corrected chi connectivity index (χ0v) is 18.6. The molecule has 3 N–H and O–H groups in total. The topological polar surface area (TPSA) is 138 Å². The van der Waals surface area contributed by atoms with Gasteiger partial charge in [-0.2, -0.15) is 10.1 Å². The third kappa shape index (κ3) is 5.54. The summed E-state index contributed by atoms with van der Waals surface area (Å²) in [6.45, 7) is 2.70. The summed E-state index contributed by atoms with van der Waals surface area (Å²) in [6, 6.07) is 17.8. The second kappa shape index (κ2) is 10.5. The summed E-state index contributed by atoms with van der Waals surface area (Å²) in [5, 5.41) is 11.2.